The predicted molar refractivity (Wildman–Crippen MR) is 50.4 cm³/mol. The first-order valence-electron chi connectivity index (χ1n) is 3.72. The molecule has 0 spiro atoms. The van der Waals surface area contributed by atoms with Gasteiger partial charge < -0.3 is 0 Å². The Bertz CT molecular complexity index is 286. The van der Waals surface area contributed by atoms with Crippen molar-refractivity contribution in [3.63, 3.8) is 0 Å². The van der Waals surface area contributed by atoms with Gasteiger partial charge in [0.2, 0.25) is 0 Å². The fraction of sp³-hybridized carbons (Fsp3) is 0.333. The number of halogens is 1. The van der Waals surface area contributed by atoms with Gasteiger partial charge in [-0.3, -0.25) is 4.98 Å². The highest BCUT2D eigenvalue weighted by Gasteiger charge is 2.01. The van der Waals surface area contributed by atoms with Crippen LogP contribution in [0.3, 0.4) is 0 Å². The molecule has 3 heteroatoms. The molecule has 0 aliphatic carbocycles. The zero-order valence-corrected chi connectivity index (χ0v) is 8.37. The van der Waals surface area contributed by atoms with Crippen LogP contribution in [0.4, 0.5) is 0 Å². The molecule has 0 saturated carbocycles. The molecular formula is C9H9BrN2. The van der Waals surface area contributed by atoms with Crippen LogP contribution in [0.15, 0.2) is 22.8 Å². The Kier molecular flexibility index (Phi) is 3.24. The van der Waals surface area contributed by atoms with E-state index in [9.17, 15) is 0 Å². The molecule has 0 radical (unpaired) electrons. The number of nitriles is 1. The predicted octanol–water partition coefficient (Wildman–Crippen LogP) is 2.55. The summed E-state index contributed by atoms with van der Waals surface area (Å²) in [5, 5.41) is 8.56. The normalized spacial score (nSPS) is 12.1. The molecule has 1 atom stereocenters. The Morgan fingerprint density at radius 1 is 1.67 bits per heavy atom. The number of hydrogen-bond acceptors (Lipinski definition) is 2. The van der Waals surface area contributed by atoms with Crippen molar-refractivity contribution in [3.05, 3.63) is 28.5 Å². The second kappa shape index (κ2) is 4.22. The molecule has 0 saturated heterocycles. The smallest absolute Gasteiger partial charge is 0.0656 e. The van der Waals surface area contributed by atoms with Gasteiger partial charge in [-0.15, -0.1) is 0 Å². The Morgan fingerprint density at radius 2 is 2.42 bits per heavy atom. The third-order valence-electron chi connectivity index (χ3n) is 1.52. The van der Waals surface area contributed by atoms with Crippen LogP contribution in [-0.4, -0.2) is 4.98 Å². The van der Waals surface area contributed by atoms with Crippen LogP contribution in [0.2, 0.25) is 0 Å². The summed E-state index contributed by atoms with van der Waals surface area (Å²) in [6.45, 7) is 1.89. The second-order valence-electron chi connectivity index (χ2n) is 2.70. The molecule has 1 rings (SSSR count). The van der Waals surface area contributed by atoms with Crippen molar-refractivity contribution < 1.29 is 0 Å². The molecule has 0 amide bonds. The molecule has 0 N–H and O–H groups in total. The first-order chi connectivity index (χ1) is 5.72. The van der Waals surface area contributed by atoms with Crippen molar-refractivity contribution in [2.45, 2.75) is 13.3 Å². The Balaban J connectivity index is 2.66. The minimum absolute atomic E-state index is 0.0404. The number of rotatable bonds is 2. The number of aromatic nitrogens is 1. The quantitative estimate of drug-likeness (QED) is 0.775. The van der Waals surface area contributed by atoms with Crippen LogP contribution < -0.4 is 0 Å². The Labute approximate surface area is 80.4 Å². The standard InChI is InChI=1S/C9H9BrN2/c1-7(5-11)4-9-3-2-8(10)6-12-9/h2-3,6-7H,4H2,1H3. The van der Waals surface area contributed by atoms with Gasteiger partial charge in [0.25, 0.3) is 0 Å². The molecule has 0 aromatic carbocycles. The van der Waals surface area contributed by atoms with Gasteiger partial charge in [-0.25, -0.2) is 0 Å². The lowest BCUT2D eigenvalue weighted by Crippen LogP contribution is -1.97. The molecule has 0 bridgehead atoms. The first kappa shape index (κ1) is 9.21. The van der Waals surface area contributed by atoms with Crippen molar-refractivity contribution in [3.8, 4) is 6.07 Å². The summed E-state index contributed by atoms with van der Waals surface area (Å²) in [6.07, 6.45) is 2.48. The van der Waals surface area contributed by atoms with Crippen LogP contribution >= 0.6 is 15.9 Å². The highest BCUT2D eigenvalue weighted by molar-refractivity contribution is 9.10. The van der Waals surface area contributed by atoms with Gasteiger partial charge in [-0.05, 0) is 35.0 Å². The zero-order valence-electron chi connectivity index (χ0n) is 6.79. The maximum Gasteiger partial charge on any atom is 0.0656 e. The van der Waals surface area contributed by atoms with E-state index < -0.39 is 0 Å². The molecular weight excluding hydrogens is 216 g/mol. The van der Waals surface area contributed by atoms with E-state index >= 15 is 0 Å². The lowest BCUT2D eigenvalue weighted by Gasteiger charge is -2.00. The van der Waals surface area contributed by atoms with Crippen molar-refractivity contribution in [2.24, 2.45) is 5.92 Å². The van der Waals surface area contributed by atoms with E-state index in [1.807, 2.05) is 19.1 Å². The van der Waals surface area contributed by atoms with Crippen LogP contribution in [0.25, 0.3) is 0 Å². The summed E-state index contributed by atoms with van der Waals surface area (Å²) >= 11 is 3.30. The van der Waals surface area contributed by atoms with E-state index in [1.165, 1.54) is 0 Å². The average molecular weight is 225 g/mol. The Morgan fingerprint density at radius 3 is 2.92 bits per heavy atom. The van der Waals surface area contributed by atoms with Crippen molar-refractivity contribution in [2.75, 3.05) is 0 Å². The van der Waals surface area contributed by atoms with E-state index in [4.69, 9.17) is 5.26 Å². The van der Waals surface area contributed by atoms with E-state index in [0.717, 1.165) is 16.6 Å². The molecule has 62 valence electrons. The van der Waals surface area contributed by atoms with Gasteiger partial charge in [0.15, 0.2) is 0 Å². The summed E-state index contributed by atoms with van der Waals surface area (Å²) in [6, 6.07) is 6.04. The maximum atomic E-state index is 8.56. The van der Waals surface area contributed by atoms with Gasteiger partial charge in [-0.1, -0.05) is 0 Å². The minimum atomic E-state index is 0.0404. The third kappa shape index (κ3) is 2.63. The maximum absolute atomic E-state index is 8.56. The number of pyridine rings is 1. The summed E-state index contributed by atoms with van der Waals surface area (Å²) < 4.78 is 0.968. The van der Waals surface area contributed by atoms with Gasteiger partial charge >= 0.3 is 0 Å². The monoisotopic (exact) mass is 224 g/mol. The largest absolute Gasteiger partial charge is 0.260 e. The van der Waals surface area contributed by atoms with Crippen molar-refractivity contribution in [1.29, 1.82) is 5.26 Å². The first-order valence-corrected chi connectivity index (χ1v) is 4.51. The topological polar surface area (TPSA) is 36.7 Å². The van der Waals surface area contributed by atoms with Gasteiger partial charge in [-0.2, -0.15) is 5.26 Å². The van der Waals surface area contributed by atoms with Crippen LogP contribution in [-0.2, 0) is 6.42 Å². The van der Waals surface area contributed by atoms with Gasteiger partial charge in [0.1, 0.15) is 0 Å². The third-order valence-corrected chi connectivity index (χ3v) is 1.99. The molecule has 12 heavy (non-hydrogen) atoms. The van der Waals surface area contributed by atoms with E-state index in [2.05, 4.69) is 27.0 Å². The molecule has 2 nitrogen and oxygen atoms in total. The highest BCUT2D eigenvalue weighted by atomic mass is 79.9. The van der Waals surface area contributed by atoms with Crippen LogP contribution in [0.5, 0.6) is 0 Å². The highest BCUT2D eigenvalue weighted by Crippen LogP contribution is 2.10. The average Bonchev–Trinajstić information content (AvgIpc) is 2.09. The van der Waals surface area contributed by atoms with Crippen molar-refractivity contribution >= 4 is 15.9 Å². The van der Waals surface area contributed by atoms with E-state index in [-0.39, 0.29) is 5.92 Å². The van der Waals surface area contributed by atoms with E-state index in [0.29, 0.717) is 0 Å². The van der Waals surface area contributed by atoms with Crippen LogP contribution in [0, 0.1) is 17.2 Å². The molecule has 1 unspecified atom stereocenters. The minimum Gasteiger partial charge on any atom is -0.260 e. The Hall–Kier alpha value is -0.880. The van der Waals surface area contributed by atoms with Gasteiger partial charge in [0, 0.05) is 28.7 Å². The number of hydrogen-bond donors (Lipinski definition) is 0. The molecule has 1 heterocycles. The summed E-state index contributed by atoms with van der Waals surface area (Å²) in [4.78, 5) is 4.17. The van der Waals surface area contributed by atoms with E-state index in [1.54, 1.807) is 6.20 Å². The SMILES string of the molecule is CC(C#N)Cc1ccc(Br)cn1. The molecule has 0 aliphatic heterocycles. The van der Waals surface area contributed by atoms with Crippen LogP contribution in [0.1, 0.15) is 12.6 Å². The van der Waals surface area contributed by atoms with Crippen molar-refractivity contribution in [1.82, 2.24) is 4.98 Å². The summed E-state index contributed by atoms with van der Waals surface area (Å²) in [5.74, 6) is 0.0404. The molecule has 0 aliphatic rings. The lowest BCUT2D eigenvalue weighted by molar-refractivity contribution is 0.721. The number of nitrogens with zero attached hydrogens (tertiary/aromatic N) is 2. The fourth-order valence-electron chi connectivity index (χ4n) is 0.887. The molecule has 1 aromatic rings. The molecule has 0 fully saturated rings. The van der Waals surface area contributed by atoms with Gasteiger partial charge in [0.05, 0.1) is 6.07 Å². The summed E-state index contributed by atoms with van der Waals surface area (Å²) in [5.41, 5.74) is 0.965. The molecule has 1 aromatic heterocycles. The zero-order chi connectivity index (χ0) is 8.97. The lowest BCUT2D eigenvalue weighted by atomic mass is 10.1. The second-order valence-corrected chi connectivity index (χ2v) is 3.62. The fourth-order valence-corrected chi connectivity index (χ4v) is 1.12. The summed E-state index contributed by atoms with van der Waals surface area (Å²) in [7, 11) is 0.